The number of nitrogens with zero attached hydrogens (tertiary/aromatic N) is 1. The first-order valence-electron chi connectivity index (χ1n) is 5.99. The van der Waals surface area contributed by atoms with Crippen LogP contribution in [0.25, 0.3) is 0 Å². The van der Waals surface area contributed by atoms with Crippen LogP contribution in [0.3, 0.4) is 0 Å². The fourth-order valence-corrected chi connectivity index (χ4v) is 2.94. The molecule has 1 fully saturated rings. The number of thioether (sulfide) groups is 1. The monoisotopic (exact) mass is 255 g/mol. The Morgan fingerprint density at radius 2 is 2.00 bits per heavy atom. The molecule has 0 aromatic heterocycles. The van der Waals surface area contributed by atoms with Crippen LogP contribution in [0, 0.1) is 5.82 Å². The van der Waals surface area contributed by atoms with Gasteiger partial charge in [0.2, 0.25) is 0 Å². The van der Waals surface area contributed by atoms with Crippen LogP contribution < -0.4 is 0 Å². The van der Waals surface area contributed by atoms with Crippen molar-refractivity contribution in [3.63, 3.8) is 0 Å². The zero-order valence-electron chi connectivity index (χ0n) is 9.81. The van der Waals surface area contributed by atoms with Crippen LogP contribution in [-0.2, 0) is 0 Å². The van der Waals surface area contributed by atoms with Gasteiger partial charge in [-0.1, -0.05) is 12.1 Å². The van der Waals surface area contributed by atoms with Crippen molar-refractivity contribution in [2.75, 3.05) is 31.1 Å². The maximum atomic E-state index is 12.8. The summed E-state index contributed by atoms with van der Waals surface area (Å²) in [6, 6.07) is 6.12. The third-order valence-electron chi connectivity index (χ3n) is 3.00. The van der Waals surface area contributed by atoms with Gasteiger partial charge >= 0.3 is 0 Å². The van der Waals surface area contributed by atoms with Crippen LogP contribution in [0.4, 0.5) is 4.39 Å². The highest BCUT2D eigenvalue weighted by Crippen LogP contribution is 2.17. The minimum atomic E-state index is -0.515. The highest BCUT2D eigenvalue weighted by molar-refractivity contribution is 7.99. The maximum absolute atomic E-state index is 12.8. The fourth-order valence-electron chi connectivity index (χ4n) is 2.02. The zero-order chi connectivity index (χ0) is 12.1. The molecule has 1 heterocycles. The third kappa shape index (κ3) is 3.98. The van der Waals surface area contributed by atoms with Gasteiger partial charge < -0.3 is 5.11 Å². The molecular weight excluding hydrogens is 237 g/mol. The van der Waals surface area contributed by atoms with Gasteiger partial charge in [-0.15, -0.1) is 0 Å². The summed E-state index contributed by atoms with van der Waals surface area (Å²) in [5.41, 5.74) is 0.795. The van der Waals surface area contributed by atoms with E-state index in [1.807, 2.05) is 11.8 Å². The Hall–Kier alpha value is -0.580. The normalized spacial score (nSPS) is 19.9. The molecule has 1 saturated heterocycles. The summed E-state index contributed by atoms with van der Waals surface area (Å²) in [6.45, 7) is 2.72. The Morgan fingerprint density at radius 3 is 2.76 bits per heavy atom. The highest BCUT2D eigenvalue weighted by atomic mass is 32.2. The Morgan fingerprint density at radius 1 is 1.24 bits per heavy atom. The maximum Gasteiger partial charge on any atom is 0.123 e. The minimum Gasteiger partial charge on any atom is -0.387 e. The Labute approximate surface area is 106 Å². The van der Waals surface area contributed by atoms with Gasteiger partial charge in [-0.25, -0.2) is 4.39 Å². The second-order valence-electron chi connectivity index (χ2n) is 4.33. The lowest BCUT2D eigenvalue weighted by molar-refractivity contribution is 0.117. The molecule has 1 aliphatic rings. The molecule has 0 amide bonds. The van der Waals surface area contributed by atoms with Crippen molar-refractivity contribution >= 4 is 11.8 Å². The molecule has 0 unspecified atom stereocenters. The van der Waals surface area contributed by atoms with Crippen molar-refractivity contribution in [1.82, 2.24) is 4.90 Å². The largest absolute Gasteiger partial charge is 0.387 e. The average Bonchev–Trinajstić information content (AvgIpc) is 2.58. The van der Waals surface area contributed by atoms with Crippen LogP contribution in [0.1, 0.15) is 18.1 Å². The summed E-state index contributed by atoms with van der Waals surface area (Å²) >= 11 is 1.97. The van der Waals surface area contributed by atoms with Crippen LogP contribution in [0.5, 0.6) is 0 Å². The molecule has 2 rings (SSSR count). The van der Waals surface area contributed by atoms with E-state index in [0.29, 0.717) is 6.54 Å². The molecule has 1 aliphatic heterocycles. The van der Waals surface area contributed by atoms with Crippen molar-refractivity contribution < 1.29 is 9.50 Å². The first-order valence-corrected chi connectivity index (χ1v) is 7.15. The molecule has 2 nitrogen and oxygen atoms in total. The summed E-state index contributed by atoms with van der Waals surface area (Å²) in [4.78, 5) is 2.29. The molecule has 17 heavy (non-hydrogen) atoms. The van der Waals surface area contributed by atoms with Crippen molar-refractivity contribution in [2.45, 2.75) is 12.5 Å². The number of hydrogen-bond acceptors (Lipinski definition) is 3. The molecule has 0 radical (unpaired) electrons. The Balaban J connectivity index is 1.91. The lowest BCUT2D eigenvalue weighted by Gasteiger charge is -2.23. The van der Waals surface area contributed by atoms with Gasteiger partial charge in [0, 0.05) is 18.8 Å². The standard InChI is InChI=1S/C13H18FNOS/c14-12-4-2-11(3-5-12)13(16)10-15-6-1-8-17-9-7-15/h2-5,13,16H,1,6-10H2/t13-/m1/s1. The van der Waals surface area contributed by atoms with E-state index in [1.165, 1.54) is 24.3 Å². The number of β-amino-alcohol motifs (C(OH)–C–C–N with tert-alkyl or cyclic N) is 1. The number of rotatable bonds is 3. The van der Waals surface area contributed by atoms with E-state index in [9.17, 15) is 9.50 Å². The molecule has 1 N–H and O–H groups in total. The van der Waals surface area contributed by atoms with Crippen LogP contribution in [-0.4, -0.2) is 41.1 Å². The van der Waals surface area contributed by atoms with Crippen molar-refractivity contribution in [1.29, 1.82) is 0 Å². The summed E-state index contributed by atoms with van der Waals surface area (Å²) in [6.07, 6.45) is 0.666. The molecule has 1 atom stereocenters. The molecule has 0 spiro atoms. The number of aliphatic hydroxyl groups is 1. The number of hydrogen-bond donors (Lipinski definition) is 1. The van der Waals surface area contributed by atoms with Gasteiger partial charge in [0.25, 0.3) is 0 Å². The topological polar surface area (TPSA) is 23.5 Å². The van der Waals surface area contributed by atoms with E-state index < -0.39 is 6.10 Å². The van der Waals surface area contributed by atoms with E-state index >= 15 is 0 Å². The van der Waals surface area contributed by atoms with Gasteiger partial charge in [0.1, 0.15) is 5.82 Å². The van der Waals surface area contributed by atoms with Crippen LogP contribution in [0.15, 0.2) is 24.3 Å². The Bertz CT molecular complexity index is 336. The summed E-state index contributed by atoms with van der Waals surface area (Å²) in [5, 5.41) is 10.1. The molecule has 0 aliphatic carbocycles. The van der Waals surface area contributed by atoms with Crippen molar-refractivity contribution in [3.05, 3.63) is 35.6 Å². The van der Waals surface area contributed by atoms with Gasteiger partial charge in [-0.05, 0) is 36.4 Å². The second kappa shape index (κ2) is 6.38. The van der Waals surface area contributed by atoms with Crippen molar-refractivity contribution in [3.8, 4) is 0 Å². The van der Waals surface area contributed by atoms with E-state index in [1.54, 1.807) is 12.1 Å². The second-order valence-corrected chi connectivity index (χ2v) is 5.56. The van der Waals surface area contributed by atoms with Gasteiger partial charge in [0.05, 0.1) is 6.10 Å². The number of aliphatic hydroxyl groups excluding tert-OH is 1. The quantitative estimate of drug-likeness (QED) is 0.896. The summed E-state index contributed by atoms with van der Waals surface area (Å²) in [7, 11) is 0. The minimum absolute atomic E-state index is 0.257. The third-order valence-corrected chi connectivity index (χ3v) is 4.05. The summed E-state index contributed by atoms with van der Waals surface area (Å²) in [5.74, 6) is 2.09. The molecular formula is C13H18FNOS. The average molecular weight is 255 g/mol. The summed E-state index contributed by atoms with van der Waals surface area (Å²) < 4.78 is 12.8. The zero-order valence-corrected chi connectivity index (χ0v) is 10.6. The van der Waals surface area contributed by atoms with E-state index in [-0.39, 0.29) is 5.82 Å². The number of benzene rings is 1. The van der Waals surface area contributed by atoms with Crippen molar-refractivity contribution in [2.24, 2.45) is 0 Å². The van der Waals surface area contributed by atoms with Crippen LogP contribution in [0.2, 0.25) is 0 Å². The molecule has 1 aromatic carbocycles. The Kier molecular flexibility index (Phi) is 4.83. The first-order chi connectivity index (χ1) is 8.25. The SMILES string of the molecule is O[C@H](CN1CCCSCC1)c1ccc(F)cc1. The van der Waals surface area contributed by atoms with Gasteiger partial charge in [-0.2, -0.15) is 11.8 Å². The smallest absolute Gasteiger partial charge is 0.123 e. The van der Waals surface area contributed by atoms with E-state index in [0.717, 1.165) is 24.4 Å². The highest BCUT2D eigenvalue weighted by Gasteiger charge is 2.15. The van der Waals surface area contributed by atoms with Crippen LogP contribution >= 0.6 is 11.8 Å². The molecule has 4 heteroatoms. The molecule has 0 saturated carbocycles. The molecule has 1 aromatic rings. The lowest BCUT2D eigenvalue weighted by atomic mass is 10.1. The predicted molar refractivity (Wildman–Crippen MR) is 69.7 cm³/mol. The van der Waals surface area contributed by atoms with Gasteiger partial charge in [-0.3, -0.25) is 4.90 Å². The fraction of sp³-hybridized carbons (Fsp3) is 0.538. The molecule has 94 valence electrons. The van der Waals surface area contributed by atoms with Gasteiger partial charge in [0.15, 0.2) is 0 Å². The lowest BCUT2D eigenvalue weighted by Crippen LogP contribution is -2.30. The predicted octanol–water partition coefficient (Wildman–Crippen LogP) is 2.30. The van der Waals surface area contributed by atoms with E-state index in [2.05, 4.69) is 4.90 Å². The first kappa shape index (κ1) is 12.9. The molecule has 0 bridgehead atoms. The number of halogens is 1. The van der Waals surface area contributed by atoms with E-state index in [4.69, 9.17) is 0 Å².